The van der Waals surface area contributed by atoms with E-state index in [0.29, 0.717) is 0 Å². The Morgan fingerprint density at radius 2 is 2.13 bits per heavy atom. The predicted octanol–water partition coefficient (Wildman–Crippen LogP) is 2.82. The second-order valence-electron chi connectivity index (χ2n) is 5.30. The van der Waals surface area contributed by atoms with Crippen LogP contribution in [0.15, 0.2) is 0 Å². The van der Waals surface area contributed by atoms with E-state index < -0.39 is 0 Å². The minimum Gasteiger partial charge on any atom is -0.316 e. The van der Waals surface area contributed by atoms with E-state index in [1.165, 1.54) is 45.1 Å². The molecule has 0 saturated heterocycles. The van der Waals surface area contributed by atoms with Crippen molar-refractivity contribution < 1.29 is 0 Å². The van der Waals surface area contributed by atoms with Crippen molar-refractivity contribution in [2.24, 2.45) is 17.8 Å². The van der Waals surface area contributed by atoms with Crippen LogP contribution in [0.4, 0.5) is 0 Å². The van der Waals surface area contributed by atoms with Crippen molar-refractivity contribution in [1.29, 1.82) is 0 Å². The van der Waals surface area contributed by atoms with Crippen LogP contribution in [0.5, 0.6) is 0 Å². The van der Waals surface area contributed by atoms with Crippen molar-refractivity contribution in [1.82, 2.24) is 5.32 Å². The molecule has 0 aromatic carbocycles. The van der Waals surface area contributed by atoms with Crippen LogP contribution in [0.25, 0.3) is 0 Å². The zero-order chi connectivity index (χ0) is 10.5. The number of fused-ring (bicyclic) bond motifs is 2. The molecule has 0 aromatic rings. The highest BCUT2D eigenvalue weighted by atomic mass is 14.9. The molecule has 2 saturated carbocycles. The third kappa shape index (κ3) is 2.98. The first kappa shape index (κ1) is 11.0. The summed E-state index contributed by atoms with van der Waals surface area (Å²) in [6.45, 7) is 2.42. The van der Waals surface area contributed by atoms with E-state index in [4.69, 9.17) is 6.42 Å². The summed E-state index contributed by atoms with van der Waals surface area (Å²) in [5.74, 6) is 5.84. The molecule has 0 amide bonds. The first-order chi connectivity index (χ1) is 7.40. The Bertz CT molecular complexity index is 228. The fraction of sp³-hybridized carbons (Fsp3) is 0.857. The van der Waals surface area contributed by atoms with Crippen LogP contribution in [0, 0.1) is 30.1 Å². The fourth-order valence-corrected chi connectivity index (χ4v) is 3.39. The Kier molecular flexibility index (Phi) is 4.09. The first-order valence-electron chi connectivity index (χ1n) is 6.54. The van der Waals surface area contributed by atoms with E-state index in [1.807, 2.05) is 0 Å². The third-order valence-corrected chi connectivity index (χ3v) is 4.22. The van der Waals surface area contributed by atoms with Gasteiger partial charge in [-0.05, 0) is 62.9 Å². The molecule has 1 N–H and O–H groups in total. The number of unbranched alkanes of at least 4 members (excludes halogenated alkanes) is 2. The van der Waals surface area contributed by atoms with Gasteiger partial charge in [0.15, 0.2) is 0 Å². The smallest absolute Gasteiger partial charge is 0.00865 e. The summed E-state index contributed by atoms with van der Waals surface area (Å²) in [5, 5.41) is 3.60. The molecule has 15 heavy (non-hydrogen) atoms. The first-order valence-corrected chi connectivity index (χ1v) is 6.54. The molecule has 3 atom stereocenters. The maximum absolute atomic E-state index is 5.21. The van der Waals surface area contributed by atoms with Gasteiger partial charge in [0.05, 0.1) is 0 Å². The lowest BCUT2D eigenvalue weighted by atomic mass is 9.89. The van der Waals surface area contributed by atoms with E-state index in [1.54, 1.807) is 0 Å². The van der Waals surface area contributed by atoms with Crippen LogP contribution in [-0.2, 0) is 0 Å². The number of terminal acetylenes is 1. The predicted molar refractivity (Wildman–Crippen MR) is 64.5 cm³/mol. The largest absolute Gasteiger partial charge is 0.316 e. The van der Waals surface area contributed by atoms with E-state index in [2.05, 4.69) is 11.2 Å². The molecule has 3 unspecified atom stereocenters. The van der Waals surface area contributed by atoms with Gasteiger partial charge in [0, 0.05) is 6.42 Å². The Hall–Kier alpha value is -0.480. The Labute approximate surface area is 94.0 Å². The summed E-state index contributed by atoms with van der Waals surface area (Å²) in [7, 11) is 0. The average Bonchev–Trinajstić information content (AvgIpc) is 2.85. The zero-order valence-corrected chi connectivity index (χ0v) is 9.67. The molecule has 0 radical (unpaired) electrons. The van der Waals surface area contributed by atoms with Crippen LogP contribution < -0.4 is 5.32 Å². The van der Waals surface area contributed by atoms with Gasteiger partial charge in [-0.1, -0.05) is 6.42 Å². The second kappa shape index (κ2) is 5.56. The summed E-state index contributed by atoms with van der Waals surface area (Å²) in [6, 6.07) is 0. The van der Waals surface area contributed by atoms with Gasteiger partial charge in [-0.3, -0.25) is 0 Å². The molecule has 2 bridgehead atoms. The molecule has 0 aliphatic heterocycles. The molecule has 2 aliphatic rings. The highest BCUT2D eigenvalue weighted by Gasteiger charge is 2.38. The topological polar surface area (TPSA) is 12.0 Å². The maximum Gasteiger partial charge on any atom is 0.00865 e. The van der Waals surface area contributed by atoms with Gasteiger partial charge in [-0.25, -0.2) is 0 Å². The van der Waals surface area contributed by atoms with Gasteiger partial charge < -0.3 is 5.32 Å². The van der Waals surface area contributed by atoms with Crippen molar-refractivity contribution in [3.8, 4) is 12.3 Å². The lowest BCUT2D eigenvalue weighted by Crippen LogP contribution is -2.27. The molecule has 2 fully saturated rings. The quantitative estimate of drug-likeness (QED) is 0.519. The Morgan fingerprint density at radius 3 is 2.80 bits per heavy atom. The molecule has 2 rings (SSSR count). The molecule has 0 aromatic heterocycles. The fourth-order valence-electron chi connectivity index (χ4n) is 3.39. The van der Waals surface area contributed by atoms with Crippen molar-refractivity contribution in [3.05, 3.63) is 0 Å². The summed E-state index contributed by atoms with van der Waals surface area (Å²) in [5.41, 5.74) is 0. The molecule has 2 aliphatic carbocycles. The van der Waals surface area contributed by atoms with Crippen molar-refractivity contribution in [3.63, 3.8) is 0 Å². The van der Waals surface area contributed by atoms with Crippen molar-refractivity contribution >= 4 is 0 Å². The third-order valence-electron chi connectivity index (χ3n) is 4.22. The van der Waals surface area contributed by atoms with E-state index >= 15 is 0 Å². The standard InChI is InChI=1S/C14H23N/c1-2-3-4-5-8-15-11-14-10-12-6-7-13(14)9-12/h1,12-15H,3-11H2. The number of rotatable bonds is 6. The van der Waals surface area contributed by atoms with Gasteiger partial charge in [-0.2, -0.15) is 0 Å². The second-order valence-corrected chi connectivity index (χ2v) is 5.30. The van der Waals surface area contributed by atoms with Crippen molar-refractivity contribution in [2.75, 3.05) is 13.1 Å². The highest BCUT2D eigenvalue weighted by Crippen LogP contribution is 2.47. The zero-order valence-electron chi connectivity index (χ0n) is 9.67. The Balaban J connectivity index is 1.50. The lowest BCUT2D eigenvalue weighted by Gasteiger charge is -2.21. The maximum atomic E-state index is 5.21. The monoisotopic (exact) mass is 205 g/mol. The molecule has 1 nitrogen and oxygen atoms in total. The van der Waals surface area contributed by atoms with E-state index in [9.17, 15) is 0 Å². The molecule has 0 heterocycles. The van der Waals surface area contributed by atoms with Crippen LogP contribution >= 0.6 is 0 Å². The van der Waals surface area contributed by atoms with E-state index in [-0.39, 0.29) is 0 Å². The summed E-state index contributed by atoms with van der Waals surface area (Å²) < 4.78 is 0. The normalized spacial score (nSPS) is 33.1. The van der Waals surface area contributed by atoms with Crippen LogP contribution in [0.1, 0.15) is 44.9 Å². The molecule has 84 valence electrons. The molecular formula is C14H23N. The number of hydrogen-bond acceptors (Lipinski definition) is 1. The van der Waals surface area contributed by atoms with Gasteiger partial charge >= 0.3 is 0 Å². The summed E-state index contributed by atoms with van der Waals surface area (Å²) >= 11 is 0. The summed E-state index contributed by atoms with van der Waals surface area (Å²) in [6.07, 6.45) is 14.6. The SMILES string of the molecule is C#CCCCCNCC1CC2CCC1C2. The van der Waals surface area contributed by atoms with Crippen molar-refractivity contribution in [2.45, 2.75) is 44.9 Å². The van der Waals surface area contributed by atoms with Gasteiger partial charge in [0.2, 0.25) is 0 Å². The van der Waals surface area contributed by atoms with Gasteiger partial charge in [0.1, 0.15) is 0 Å². The summed E-state index contributed by atoms with van der Waals surface area (Å²) in [4.78, 5) is 0. The minimum absolute atomic E-state index is 0.940. The van der Waals surface area contributed by atoms with Crippen LogP contribution in [-0.4, -0.2) is 13.1 Å². The Morgan fingerprint density at radius 1 is 1.20 bits per heavy atom. The number of hydrogen-bond donors (Lipinski definition) is 1. The van der Waals surface area contributed by atoms with Crippen LogP contribution in [0.3, 0.4) is 0 Å². The lowest BCUT2D eigenvalue weighted by molar-refractivity contribution is 0.318. The van der Waals surface area contributed by atoms with Crippen LogP contribution in [0.2, 0.25) is 0 Å². The van der Waals surface area contributed by atoms with E-state index in [0.717, 1.165) is 30.7 Å². The molecule has 1 heteroatoms. The van der Waals surface area contributed by atoms with Gasteiger partial charge in [0.25, 0.3) is 0 Å². The van der Waals surface area contributed by atoms with Gasteiger partial charge in [-0.15, -0.1) is 12.3 Å². The highest BCUT2D eigenvalue weighted by molar-refractivity contribution is 4.90. The molecule has 0 spiro atoms. The molecular weight excluding hydrogens is 182 g/mol. The number of nitrogens with one attached hydrogen (secondary N) is 1. The average molecular weight is 205 g/mol. The minimum atomic E-state index is 0.940.